The quantitative estimate of drug-likeness (QED) is 0.851. The minimum atomic E-state index is -0.451. The van der Waals surface area contributed by atoms with E-state index >= 15 is 0 Å². The first-order valence-electron chi connectivity index (χ1n) is 8.08. The van der Waals surface area contributed by atoms with Crippen LogP contribution in [0.25, 0.3) is 11.1 Å². The Bertz CT molecular complexity index is 721. The summed E-state index contributed by atoms with van der Waals surface area (Å²) in [5, 5.41) is 0.452. The van der Waals surface area contributed by atoms with Crippen LogP contribution in [0.1, 0.15) is 34.5 Å². The molecule has 1 aromatic carbocycles. The molecule has 6 heteroatoms. The Morgan fingerprint density at radius 3 is 2.54 bits per heavy atom. The number of hydrogen-bond acceptors (Lipinski definition) is 5. The molecule has 3 rings (SSSR count). The Morgan fingerprint density at radius 1 is 1.25 bits per heavy atom. The zero-order valence-electron chi connectivity index (χ0n) is 13.7. The Morgan fingerprint density at radius 2 is 1.92 bits per heavy atom. The van der Waals surface area contributed by atoms with Crippen LogP contribution in [0.4, 0.5) is 9.39 Å². The van der Waals surface area contributed by atoms with E-state index in [2.05, 4.69) is 4.90 Å². The molecule has 1 saturated heterocycles. The fourth-order valence-electron chi connectivity index (χ4n) is 3.16. The SMILES string of the molecule is COC(=O)c1c(N)sc(CN2CCCCC2)c1-c1ccc(F)cc1. The summed E-state index contributed by atoms with van der Waals surface area (Å²) in [6.07, 6.45) is 3.65. The summed E-state index contributed by atoms with van der Waals surface area (Å²) in [4.78, 5) is 15.6. The van der Waals surface area contributed by atoms with E-state index in [1.165, 1.54) is 49.8 Å². The number of esters is 1. The number of benzene rings is 1. The van der Waals surface area contributed by atoms with Gasteiger partial charge in [-0.25, -0.2) is 9.18 Å². The minimum absolute atomic E-state index is 0.306. The van der Waals surface area contributed by atoms with Gasteiger partial charge in [0.1, 0.15) is 16.4 Å². The van der Waals surface area contributed by atoms with E-state index in [0.29, 0.717) is 10.6 Å². The summed E-state index contributed by atoms with van der Waals surface area (Å²) >= 11 is 1.42. The molecule has 0 unspecified atom stereocenters. The van der Waals surface area contributed by atoms with E-state index in [1.807, 2.05) is 0 Å². The summed E-state index contributed by atoms with van der Waals surface area (Å²) in [6, 6.07) is 6.16. The molecule has 0 amide bonds. The largest absolute Gasteiger partial charge is 0.465 e. The van der Waals surface area contributed by atoms with Crippen LogP contribution in [0, 0.1) is 5.82 Å². The number of carbonyl (C=O) groups is 1. The van der Waals surface area contributed by atoms with Crippen molar-refractivity contribution in [3.05, 3.63) is 40.5 Å². The van der Waals surface area contributed by atoms with Crippen molar-refractivity contribution in [1.82, 2.24) is 4.90 Å². The standard InChI is InChI=1S/C18H21FN2O2S/c1-23-18(22)16-15(12-5-7-13(19)8-6-12)14(24-17(16)20)11-21-9-3-2-4-10-21/h5-8H,2-4,9-11,20H2,1H3. The molecule has 0 atom stereocenters. The molecule has 2 aromatic rings. The third-order valence-corrected chi connectivity index (χ3v) is 5.35. The van der Waals surface area contributed by atoms with Crippen LogP contribution in [0.5, 0.6) is 0 Å². The average molecular weight is 348 g/mol. The Kier molecular flexibility index (Phi) is 5.16. The van der Waals surface area contributed by atoms with Crippen molar-refractivity contribution in [3.63, 3.8) is 0 Å². The van der Waals surface area contributed by atoms with E-state index in [9.17, 15) is 9.18 Å². The van der Waals surface area contributed by atoms with E-state index in [1.54, 1.807) is 12.1 Å². The van der Waals surface area contributed by atoms with E-state index in [0.717, 1.165) is 35.6 Å². The van der Waals surface area contributed by atoms with Gasteiger partial charge in [0, 0.05) is 17.0 Å². The summed E-state index contributed by atoms with van der Waals surface area (Å²) < 4.78 is 18.2. The van der Waals surface area contributed by atoms with Gasteiger partial charge in [0.05, 0.1) is 7.11 Å². The van der Waals surface area contributed by atoms with Crippen molar-refractivity contribution in [2.75, 3.05) is 25.9 Å². The van der Waals surface area contributed by atoms with Crippen molar-refractivity contribution in [2.24, 2.45) is 0 Å². The number of rotatable bonds is 4. The van der Waals surface area contributed by atoms with Gasteiger partial charge < -0.3 is 10.5 Å². The number of hydrogen-bond donors (Lipinski definition) is 1. The van der Waals surface area contributed by atoms with Crippen molar-refractivity contribution >= 4 is 22.3 Å². The zero-order valence-corrected chi connectivity index (χ0v) is 14.5. The van der Waals surface area contributed by atoms with Crippen LogP contribution in [-0.4, -0.2) is 31.1 Å². The number of thiophene rings is 1. The monoisotopic (exact) mass is 348 g/mol. The maximum absolute atomic E-state index is 13.3. The van der Waals surface area contributed by atoms with Gasteiger partial charge in [0.15, 0.2) is 0 Å². The highest BCUT2D eigenvalue weighted by atomic mass is 32.1. The first-order valence-corrected chi connectivity index (χ1v) is 8.89. The van der Waals surface area contributed by atoms with Gasteiger partial charge >= 0.3 is 5.97 Å². The van der Waals surface area contributed by atoms with E-state index in [4.69, 9.17) is 10.5 Å². The Labute approximate surface area is 145 Å². The summed E-state index contributed by atoms with van der Waals surface area (Å²) in [6.45, 7) is 2.85. The van der Waals surface area contributed by atoms with Gasteiger partial charge in [-0.05, 0) is 43.6 Å². The topological polar surface area (TPSA) is 55.6 Å². The third kappa shape index (κ3) is 3.44. The normalized spacial score (nSPS) is 15.4. The number of anilines is 1. The van der Waals surface area contributed by atoms with Crippen molar-refractivity contribution in [1.29, 1.82) is 0 Å². The Balaban J connectivity index is 2.04. The fourth-order valence-corrected chi connectivity index (χ4v) is 4.28. The molecule has 0 aliphatic carbocycles. The highest BCUT2D eigenvalue weighted by molar-refractivity contribution is 7.17. The van der Waals surface area contributed by atoms with Gasteiger partial charge in [0.2, 0.25) is 0 Å². The van der Waals surface area contributed by atoms with Crippen LogP contribution in [0.2, 0.25) is 0 Å². The van der Waals surface area contributed by atoms with Crippen LogP contribution < -0.4 is 5.73 Å². The number of nitrogens with zero attached hydrogens (tertiary/aromatic N) is 1. The second kappa shape index (κ2) is 7.32. The number of ether oxygens (including phenoxy) is 1. The zero-order chi connectivity index (χ0) is 17.1. The van der Waals surface area contributed by atoms with Crippen molar-refractivity contribution in [3.8, 4) is 11.1 Å². The molecule has 0 bridgehead atoms. The van der Waals surface area contributed by atoms with Crippen molar-refractivity contribution in [2.45, 2.75) is 25.8 Å². The smallest absolute Gasteiger partial charge is 0.341 e. The van der Waals surface area contributed by atoms with Crippen LogP contribution in [-0.2, 0) is 11.3 Å². The second-order valence-electron chi connectivity index (χ2n) is 5.97. The molecule has 1 aromatic heterocycles. The van der Waals surface area contributed by atoms with Crippen LogP contribution in [0.3, 0.4) is 0 Å². The predicted molar refractivity (Wildman–Crippen MR) is 94.6 cm³/mol. The highest BCUT2D eigenvalue weighted by Gasteiger charge is 2.25. The molecular weight excluding hydrogens is 327 g/mol. The predicted octanol–water partition coefficient (Wildman–Crippen LogP) is 3.91. The lowest BCUT2D eigenvalue weighted by atomic mass is 10.0. The van der Waals surface area contributed by atoms with Crippen LogP contribution in [0.15, 0.2) is 24.3 Å². The Hall–Kier alpha value is -1.92. The molecule has 2 heterocycles. The first-order chi connectivity index (χ1) is 11.6. The number of likely N-dealkylation sites (tertiary alicyclic amines) is 1. The fraction of sp³-hybridized carbons (Fsp3) is 0.389. The van der Waals surface area contributed by atoms with Gasteiger partial charge in [-0.2, -0.15) is 0 Å². The number of halogens is 1. The minimum Gasteiger partial charge on any atom is -0.465 e. The lowest BCUT2D eigenvalue weighted by Crippen LogP contribution is -2.28. The molecule has 0 radical (unpaired) electrons. The molecule has 24 heavy (non-hydrogen) atoms. The number of methoxy groups -OCH3 is 1. The van der Waals surface area contributed by atoms with Gasteiger partial charge in [-0.1, -0.05) is 18.6 Å². The first kappa shape index (κ1) is 16.9. The maximum Gasteiger partial charge on any atom is 0.341 e. The maximum atomic E-state index is 13.3. The van der Waals surface area contributed by atoms with Crippen LogP contribution >= 0.6 is 11.3 Å². The molecule has 0 saturated carbocycles. The summed E-state index contributed by atoms with van der Waals surface area (Å²) in [5.41, 5.74) is 8.07. The molecule has 0 spiro atoms. The second-order valence-corrected chi connectivity index (χ2v) is 7.11. The molecule has 128 valence electrons. The van der Waals surface area contributed by atoms with Gasteiger partial charge in [-0.3, -0.25) is 4.90 Å². The highest BCUT2D eigenvalue weighted by Crippen LogP contribution is 2.40. The summed E-state index contributed by atoms with van der Waals surface area (Å²) in [5.74, 6) is -0.757. The number of carbonyl (C=O) groups excluding carboxylic acids is 1. The third-order valence-electron chi connectivity index (χ3n) is 4.35. The number of nitrogen functional groups attached to an aromatic ring is 1. The lowest BCUT2D eigenvalue weighted by molar-refractivity contribution is 0.0603. The molecular formula is C18H21FN2O2S. The molecule has 1 aliphatic rings. The average Bonchev–Trinajstić information content (AvgIpc) is 2.92. The van der Waals surface area contributed by atoms with E-state index in [-0.39, 0.29) is 5.82 Å². The lowest BCUT2D eigenvalue weighted by Gasteiger charge is -2.26. The molecule has 1 aliphatic heterocycles. The summed E-state index contributed by atoms with van der Waals surface area (Å²) in [7, 11) is 1.35. The van der Waals surface area contributed by atoms with Gasteiger partial charge in [-0.15, -0.1) is 11.3 Å². The van der Waals surface area contributed by atoms with Gasteiger partial charge in [0.25, 0.3) is 0 Å². The van der Waals surface area contributed by atoms with Crippen molar-refractivity contribution < 1.29 is 13.9 Å². The molecule has 1 fully saturated rings. The molecule has 4 nitrogen and oxygen atoms in total. The number of nitrogens with two attached hydrogens (primary N) is 1. The number of piperidine rings is 1. The van der Waals surface area contributed by atoms with E-state index < -0.39 is 5.97 Å². The molecule has 2 N–H and O–H groups in total.